The van der Waals surface area contributed by atoms with Gasteiger partial charge < -0.3 is 14.6 Å². The first-order valence-corrected chi connectivity index (χ1v) is 9.76. The number of fused-ring (bicyclic) bond motifs is 1. The maximum Gasteiger partial charge on any atom is 0.223 e. The van der Waals surface area contributed by atoms with Crippen LogP contribution in [0.2, 0.25) is 0 Å². The highest BCUT2D eigenvalue weighted by Crippen LogP contribution is 2.32. The molecule has 4 rings (SSSR count). The maximum absolute atomic E-state index is 12.8. The molecule has 2 fully saturated rings. The quantitative estimate of drug-likeness (QED) is 0.895. The zero-order chi connectivity index (χ0) is 17.9. The number of nitrogens with one attached hydrogen (secondary N) is 1. The summed E-state index contributed by atoms with van der Waals surface area (Å²) in [6.07, 6.45) is 3.58. The van der Waals surface area contributed by atoms with E-state index >= 15 is 0 Å². The van der Waals surface area contributed by atoms with Gasteiger partial charge in [-0.15, -0.1) is 0 Å². The first-order valence-electron chi connectivity index (χ1n) is 9.76. The van der Waals surface area contributed by atoms with Gasteiger partial charge in [0.05, 0.1) is 30.3 Å². The Kier molecular flexibility index (Phi) is 5.22. The number of ether oxygens (including phenoxy) is 1. The molecule has 0 saturated carbocycles. The van der Waals surface area contributed by atoms with Gasteiger partial charge >= 0.3 is 0 Å². The van der Waals surface area contributed by atoms with Crippen LogP contribution in [-0.2, 0) is 9.53 Å². The lowest BCUT2D eigenvalue weighted by molar-refractivity contribution is -0.132. The fourth-order valence-electron chi connectivity index (χ4n) is 4.07. The van der Waals surface area contributed by atoms with Gasteiger partial charge in [-0.2, -0.15) is 0 Å². The predicted molar refractivity (Wildman–Crippen MR) is 101 cm³/mol. The SMILES string of the molecule is Cc1ccc2nc([C@H]3CCCN3C(=O)CCCN3CCOCC3)[nH]c2c1. The molecule has 1 aromatic carbocycles. The molecule has 3 heterocycles. The van der Waals surface area contributed by atoms with E-state index in [2.05, 4.69) is 28.9 Å². The molecule has 2 saturated heterocycles. The molecule has 1 atom stereocenters. The van der Waals surface area contributed by atoms with Crippen LogP contribution in [0.1, 0.15) is 43.1 Å². The summed E-state index contributed by atoms with van der Waals surface area (Å²) in [6, 6.07) is 6.35. The van der Waals surface area contributed by atoms with E-state index in [0.29, 0.717) is 6.42 Å². The number of hydrogen-bond donors (Lipinski definition) is 1. The summed E-state index contributed by atoms with van der Waals surface area (Å²) < 4.78 is 5.38. The molecule has 0 radical (unpaired) electrons. The maximum atomic E-state index is 12.8. The van der Waals surface area contributed by atoms with Crippen LogP contribution in [-0.4, -0.2) is 65.1 Å². The Morgan fingerprint density at radius 2 is 2.15 bits per heavy atom. The molecule has 0 bridgehead atoms. The lowest BCUT2D eigenvalue weighted by atomic mass is 10.2. The standard InChI is InChI=1S/C20H28N4O2/c1-15-6-7-16-17(14-15)22-20(21-16)18-4-2-9-24(18)19(25)5-3-8-23-10-12-26-13-11-23/h6-7,14,18H,2-5,8-13H2,1H3,(H,21,22)/t18-/m1/s1. The van der Waals surface area contributed by atoms with Crippen molar-refractivity contribution in [3.63, 3.8) is 0 Å². The number of morpholine rings is 1. The first-order chi connectivity index (χ1) is 12.7. The Balaban J connectivity index is 1.37. The largest absolute Gasteiger partial charge is 0.379 e. The number of carbonyl (C=O) groups is 1. The highest BCUT2D eigenvalue weighted by Gasteiger charge is 2.31. The van der Waals surface area contributed by atoms with Crippen molar-refractivity contribution in [2.24, 2.45) is 0 Å². The first kappa shape index (κ1) is 17.5. The van der Waals surface area contributed by atoms with E-state index in [1.807, 2.05) is 11.0 Å². The molecule has 140 valence electrons. The Hall–Kier alpha value is -1.92. The Labute approximate surface area is 154 Å². The van der Waals surface area contributed by atoms with Crippen LogP contribution in [0.5, 0.6) is 0 Å². The molecule has 1 amide bonds. The summed E-state index contributed by atoms with van der Waals surface area (Å²) >= 11 is 0. The zero-order valence-electron chi connectivity index (χ0n) is 15.5. The third kappa shape index (κ3) is 3.76. The van der Waals surface area contributed by atoms with Crippen molar-refractivity contribution < 1.29 is 9.53 Å². The molecule has 2 aliphatic rings. The minimum Gasteiger partial charge on any atom is -0.379 e. The van der Waals surface area contributed by atoms with Crippen molar-refractivity contribution in [3.8, 4) is 0 Å². The Bertz CT molecular complexity index is 766. The van der Waals surface area contributed by atoms with E-state index in [1.54, 1.807) is 0 Å². The number of benzene rings is 1. The minimum absolute atomic E-state index is 0.0959. The van der Waals surface area contributed by atoms with Crippen molar-refractivity contribution in [2.75, 3.05) is 39.4 Å². The molecule has 2 aliphatic heterocycles. The van der Waals surface area contributed by atoms with Gasteiger partial charge in [0.25, 0.3) is 0 Å². The number of nitrogens with zero attached hydrogens (tertiary/aromatic N) is 3. The fraction of sp³-hybridized carbons (Fsp3) is 0.600. The predicted octanol–water partition coefficient (Wildman–Crippen LogP) is 2.65. The Morgan fingerprint density at radius 3 is 3.00 bits per heavy atom. The average molecular weight is 356 g/mol. The third-order valence-corrected chi connectivity index (χ3v) is 5.51. The summed E-state index contributed by atoms with van der Waals surface area (Å²) in [4.78, 5) is 25.4. The second kappa shape index (κ2) is 7.76. The topological polar surface area (TPSA) is 61.5 Å². The second-order valence-corrected chi connectivity index (χ2v) is 7.45. The average Bonchev–Trinajstić information content (AvgIpc) is 3.28. The third-order valence-electron chi connectivity index (χ3n) is 5.51. The normalized spacial score (nSPS) is 21.6. The summed E-state index contributed by atoms with van der Waals surface area (Å²) in [6.45, 7) is 7.51. The molecule has 2 aromatic rings. The van der Waals surface area contributed by atoms with Crippen LogP contribution in [0, 0.1) is 6.92 Å². The number of aryl methyl sites for hydroxylation is 1. The molecule has 1 N–H and O–H groups in total. The number of rotatable bonds is 5. The van der Waals surface area contributed by atoms with Crippen LogP contribution in [0.25, 0.3) is 11.0 Å². The van der Waals surface area contributed by atoms with Gasteiger partial charge in [-0.05, 0) is 50.4 Å². The van der Waals surface area contributed by atoms with E-state index in [0.717, 1.165) is 75.5 Å². The van der Waals surface area contributed by atoms with Gasteiger partial charge in [0, 0.05) is 26.1 Å². The van der Waals surface area contributed by atoms with E-state index < -0.39 is 0 Å². The molecule has 0 unspecified atom stereocenters. The van der Waals surface area contributed by atoms with Crippen molar-refractivity contribution in [2.45, 2.75) is 38.6 Å². The number of amides is 1. The molecule has 0 aliphatic carbocycles. The lowest BCUT2D eigenvalue weighted by Gasteiger charge is -2.27. The smallest absolute Gasteiger partial charge is 0.223 e. The molecule has 6 nitrogen and oxygen atoms in total. The zero-order valence-corrected chi connectivity index (χ0v) is 15.5. The van der Waals surface area contributed by atoms with Crippen LogP contribution in [0.15, 0.2) is 18.2 Å². The monoisotopic (exact) mass is 356 g/mol. The van der Waals surface area contributed by atoms with Crippen molar-refractivity contribution >= 4 is 16.9 Å². The summed E-state index contributed by atoms with van der Waals surface area (Å²) in [5, 5.41) is 0. The summed E-state index contributed by atoms with van der Waals surface area (Å²) in [7, 11) is 0. The highest BCUT2D eigenvalue weighted by molar-refractivity contribution is 5.78. The minimum atomic E-state index is 0.0959. The number of hydrogen-bond acceptors (Lipinski definition) is 4. The van der Waals surface area contributed by atoms with Gasteiger partial charge in [0.15, 0.2) is 0 Å². The van der Waals surface area contributed by atoms with Gasteiger partial charge in [0.2, 0.25) is 5.91 Å². The van der Waals surface area contributed by atoms with Crippen molar-refractivity contribution in [1.82, 2.24) is 19.8 Å². The van der Waals surface area contributed by atoms with E-state index in [9.17, 15) is 4.79 Å². The van der Waals surface area contributed by atoms with E-state index in [1.165, 1.54) is 5.56 Å². The van der Waals surface area contributed by atoms with E-state index in [4.69, 9.17) is 9.72 Å². The van der Waals surface area contributed by atoms with Crippen LogP contribution in [0.3, 0.4) is 0 Å². The molecular formula is C20H28N4O2. The van der Waals surface area contributed by atoms with Crippen molar-refractivity contribution in [1.29, 1.82) is 0 Å². The van der Waals surface area contributed by atoms with Gasteiger partial charge in [0.1, 0.15) is 5.82 Å². The highest BCUT2D eigenvalue weighted by atomic mass is 16.5. The van der Waals surface area contributed by atoms with E-state index in [-0.39, 0.29) is 11.9 Å². The summed E-state index contributed by atoms with van der Waals surface area (Å²) in [5.74, 6) is 1.20. The molecular weight excluding hydrogens is 328 g/mol. The van der Waals surface area contributed by atoms with Crippen molar-refractivity contribution in [3.05, 3.63) is 29.6 Å². The van der Waals surface area contributed by atoms with Crippen LogP contribution >= 0.6 is 0 Å². The molecule has 0 spiro atoms. The number of aromatic nitrogens is 2. The molecule has 1 aromatic heterocycles. The van der Waals surface area contributed by atoms with Gasteiger partial charge in [-0.1, -0.05) is 6.07 Å². The number of aromatic amines is 1. The fourth-order valence-corrected chi connectivity index (χ4v) is 4.07. The Morgan fingerprint density at radius 1 is 1.31 bits per heavy atom. The number of H-pyrrole nitrogens is 1. The number of imidazole rings is 1. The lowest BCUT2D eigenvalue weighted by Crippen LogP contribution is -2.37. The van der Waals surface area contributed by atoms with Gasteiger partial charge in [-0.3, -0.25) is 9.69 Å². The van der Waals surface area contributed by atoms with Crippen LogP contribution in [0.4, 0.5) is 0 Å². The molecule has 26 heavy (non-hydrogen) atoms. The van der Waals surface area contributed by atoms with Gasteiger partial charge in [-0.25, -0.2) is 4.98 Å². The van der Waals surface area contributed by atoms with Crippen LogP contribution < -0.4 is 0 Å². The second-order valence-electron chi connectivity index (χ2n) is 7.45. The summed E-state index contributed by atoms with van der Waals surface area (Å²) in [5.41, 5.74) is 3.26. The number of likely N-dealkylation sites (tertiary alicyclic amines) is 1. The number of carbonyl (C=O) groups excluding carboxylic acids is 1. The molecule has 6 heteroatoms.